The molecule has 2 heterocycles. The molecule has 0 aliphatic carbocycles. The smallest absolute Gasteiger partial charge is 0.147 e. The summed E-state index contributed by atoms with van der Waals surface area (Å²) >= 11 is 1.49. The molecule has 106 valence electrons. The van der Waals surface area contributed by atoms with Gasteiger partial charge in [0.05, 0.1) is 24.8 Å². The van der Waals surface area contributed by atoms with E-state index in [1.54, 1.807) is 0 Å². The average Bonchev–Trinajstić information content (AvgIpc) is 2.89. The van der Waals surface area contributed by atoms with Crippen molar-refractivity contribution in [3.8, 4) is 11.1 Å². The summed E-state index contributed by atoms with van der Waals surface area (Å²) in [5, 5.41) is 1.17. The van der Waals surface area contributed by atoms with Gasteiger partial charge in [0.2, 0.25) is 0 Å². The number of hydrogen-bond donors (Lipinski definition) is 1. The minimum Gasteiger partial charge on any atom is -0.382 e. The topological polar surface area (TPSA) is 51.4 Å². The fourth-order valence-electron chi connectivity index (χ4n) is 2.63. The third kappa shape index (κ3) is 2.39. The van der Waals surface area contributed by atoms with Gasteiger partial charge in [0.25, 0.3) is 0 Å². The molecule has 5 heteroatoms. The van der Waals surface area contributed by atoms with Crippen molar-refractivity contribution in [1.29, 1.82) is 0 Å². The predicted octanol–water partition coefficient (Wildman–Crippen LogP) is 3.01. The quantitative estimate of drug-likeness (QED) is 0.943. The van der Waals surface area contributed by atoms with Crippen LogP contribution in [0.25, 0.3) is 11.1 Å². The number of benzene rings is 1. The van der Waals surface area contributed by atoms with Gasteiger partial charge in [-0.3, -0.25) is 0 Å². The number of aromatic nitrogens is 1. The maximum Gasteiger partial charge on any atom is 0.147 e. The summed E-state index contributed by atoms with van der Waals surface area (Å²) in [4.78, 5) is 2.40. The van der Waals surface area contributed by atoms with Crippen LogP contribution < -0.4 is 10.6 Å². The number of hydrogen-bond acceptors (Lipinski definition) is 5. The molecular formula is C15H19N3OS. The van der Waals surface area contributed by atoms with Crippen LogP contribution in [0, 0.1) is 0 Å². The van der Waals surface area contributed by atoms with Crippen LogP contribution in [0.3, 0.4) is 0 Å². The molecule has 20 heavy (non-hydrogen) atoms. The van der Waals surface area contributed by atoms with Crippen LogP contribution in [0.4, 0.5) is 10.8 Å². The molecule has 1 aliphatic heterocycles. The summed E-state index contributed by atoms with van der Waals surface area (Å²) in [7, 11) is 0. The van der Waals surface area contributed by atoms with Crippen molar-refractivity contribution in [3.05, 3.63) is 30.3 Å². The fourth-order valence-corrected chi connectivity index (χ4v) is 3.56. The van der Waals surface area contributed by atoms with Crippen molar-refractivity contribution in [2.75, 3.05) is 30.4 Å². The van der Waals surface area contributed by atoms with Gasteiger partial charge in [-0.2, -0.15) is 4.37 Å². The molecule has 0 saturated carbocycles. The van der Waals surface area contributed by atoms with Gasteiger partial charge in [0.1, 0.15) is 10.8 Å². The van der Waals surface area contributed by atoms with Crippen molar-refractivity contribution >= 4 is 22.4 Å². The van der Waals surface area contributed by atoms with Crippen molar-refractivity contribution in [2.24, 2.45) is 0 Å². The molecule has 0 amide bonds. The van der Waals surface area contributed by atoms with Gasteiger partial charge in [0.15, 0.2) is 0 Å². The molecule has 0 radical (unpaired) electrons. The van der Waals surface area contributed by atoms with Crippen LogP contribution in [0.15, 0.2) is 30.3 Å². The Morgan fingerprint density at radius 2 is 2.20 bits per heavy atom. The van der Waals surface area contributed by atoms with Crippen LogP contribution in [0.2, 0.25) is 0 Å². The molecule has 4 nitrogen and oxygen atoms in total. The zero-order valence-electron chi connectivity index (χ0n) is 11.6. The SMILES string of the molecule is CCC1COCCN1c1snc(N)c1-c1ccccc1. The Bertz CT molecular complexity index is 570. The first-order valence-corrected chi connectivity index (χ1v) is 7.73. The van der Waals surface area contributed by atoms with Crippen LogP contribution in [-0.2, 0) is 4.74 Å². The Morgan fingerprint density at radius 3 is 2.95 bits per heavy atom. The molecule has 1 saturated heterocycles. The second-order valence-corrected chi connectivity index (χ2v) is 5.70. The molecule has 1 aromatic carbocycles. The van der Waals surface area contributed by atoms with Gasteiger partial charge < -0.3 is 15.4 Å². The molecule has 2 N–H and O–H groups in total. The Labute approximate surface area is 123 Å². The first kappa shape index (κ1) is 13.4. The van der Waals surface area contributed by atoms with Crippen molar-refractivity contribution < 1.29 is 4.74 Å². The molecule has 1 aromatic heterocycles. The largest absolute Gasteiger partial charge is 0.382 e. The minimum atomic E-state index is 0.408. The van der Waals surface area contributed by atoms with E-state index in [0.717, 1.165) is 37.3 Å². The summed E-state index contributed by atoms with van der Waals surface area (Å²) in [6, 6.07) is 10.7. The first-order valence-electron chi connectivity index (χ1n) is 6.96. The Balaban J connectivity index is 2.02. The average molecular weight is 289 g/mol. The van der Waals surface area contributed by atoms with Gasteiger partial charge in [-0.15, -0.1) is 0 Å². The third-order valence-corrected chi connectivity index (χ3v) is 4.62. The van der Waals surface area contributed by atoms with E-state index >= 15 is 0 Å². The summed E-state index contributed by atoms with van der Waals surface area (Å²) < 4.78 is 9.96. The van der Waals surface area contributed by atoms with Gasteiger partial charge in [-0.25, -0.2) is 0 Å². The number of ether oxygens (including phenoxy) is 1. The highest BCUT2D eigenvalue weighted by molar-refractivity contribution is 7.11. The summed E-state index contributed by atoms with van der Waals surface area (Å²) in [6.07, 6.45) is 1.06. The molecule has 1 atom stereocenters. The number of rotatable bonds is 3. The highest BCUT2D eigenvalue weighted by atomic mass is 32.1. The minimum absolute atomic E-state index is 0.408. The monoisotopic (exact) mass is 289 g/mol. The molecule has 0 bridgehead atoms. The number of nitrogen functional groups attached to an aromatic ring is 1. The van der Waals surface area contributed by atoms with Crippen LogP contribution in [0.1, 0.15) is 13.3 Å². The standard InChI is InChI=1S/C15H19N3OS/c1-2-12-10-19-9-8-18(12)15-13(14(16)17-20-15)11-6-4-3-5-7-11/h3-7,12H,2,8-10H2,1H3,(H2,16,17). The molecule has 1 aliphatic rings. The highest BCUT2D eigenvalue weighted by Gasteiger charge is 2.27. The molecule has 1 unspecified atom stereocenters. The lowest BCUT2D eigenvalue weighted by Crippen LogP contribution is -2.45. The van der Waals surface area contributed by atoms with E-state index in [2.05, 4.69) is 28.3 Å². The van der Waals surface area contributed by atoms with Crippen molar-refractivity contribution in [2.45, 2.75) is 19.4 Å². The first-order chi connectivity index (χ1) is 9.81. The maximum atomic E-state index is 6.11. The summed E-state index contributed by atoms with van der Waals surface area (Å²) in [6.45, 7) is 4.64. The van der Waals surface area contributed by atoms with Crippen LogP contribution in [0.5, 0.6) is 0 Å². The van der Waals surface area contributed by atoms with E-state index in [1.807, 2.05) is 18.2 Å². The lowest BCUT2D eigenvalue weighted by Gasteiger charge is -2.36. The highest BCUT2D eigenvalue weighted by Crippen LogP contribution is 2.40. The van der Waals surface area contributed by atoms with E-state index < -0.39 is 0 Å². The lowest BCUT2D eigenvalue weighted by atomic mass is 10.1. The van der Waals surface area contributed by atoms with E-state index in [9.17, 15) is 0 Å². The summed E-state index contributed by atoms with van der Waals surface area (Å²) in [5.41, 5.74) is 8.31. The molecular weight excluding hydrogens is 270 g/mol. The lowest BCUT2D eigenvalue weighted by molar-refractivity contribution is 0.0934. The zero-order chi connectivity index (χ0) is 13.9. The van der Waals surface area contributed by atoms with Gasteiger partial charge in [-0.05, 0) is 23.5 Å². The van der Waals surface area contributed by atoms with Gasteiger partial charge in [0, 0.05) is 6.54 Å². The molecule has 0 spiro atoms. The third-order valence-electron chi connectivity index (χ3n) is 3.72. The normalized spacial score (nSPS) is 19.2. The van der Waals surface area contributed by atoms with Crippen LogP contribution >= 0.6 is 11.5 Å². The zero-order valence-corrected chi connectivity index (χ0v) is 12.4. The van der Waals surface area contributed by atoms with Gasteiger partial charge in [-0.1, -0.05) is 37.3 Å². The Hall–Kier alpha value is -1.59. The molecule has 1 fully saturated rings. The number of anilines is 2. The van der Waals surface area contributed by atoms with E-state index in [0.29, 0.717) is 11.9 Å². The van der Waals surface area contributed by atoms with E-state index in [4.69, 9.17) is 10.5 Å². The summed E-state index contributed by atoms with van der Waals surface area (Å²) in [5.74, 6) is 0.623. The number of nitrogens with two attached hydrogens (primary N) is 1. The van der Waals surface area contributed by atoms with E-state index in [1.165, 1.54) is 16.5 Å². The van der Waals surface area contributed by atoms with Crippen LogP contribution in [-0.4, -0.2) is 30.2 Å². The van der Waals surface area contributed by atoms with E-state index in [-0.39, 0.29) is 0 Å². The second kappa shape index (κ2) is 5.81. The number of morpholine rings is 1. The number of nitrogens with zero attached hydrogens (tertiary/aromatic N) is 2. The fraction of sp³-hybridized carbons (Fsp3) is 0.400. The second-order valence-electron chi connectivity index (χ2n) is 4.94. The molecule has 3 rings (SSSR count). The van der Waals surface area contributed by atoms with Crippen molar-refractivity contribution in [3.63, 3.8) is 0 Å². The Morgan fingerprint density at radius 1 is 1.40 bits per heavy atom. The Kier molecular flexibility index (Phi) is 3.89. The van der Waals surface area contributed by atoms with Crippen molar-refractivity contribution in [1.82, 2.24) is 4.37 Å². The maximum absolute atomic E-state index is 6.11. The molecule has 2 aromatic rings. The predicted molar refractivity (Wildman–Crippen MR) is 84.2 cm³/mol. The van der Waals surface area contributed by atoms with Gasteiger partial charge >= 0.3 is 0 Å².